The van der Waals surface area contributed by atoms with Gasteiger partial charge in [0.15, 0.2) is 0 Å². The third-order valence-corrected chi connectivity index (χ3v) is 3.91. The van der Waals surface area contributed by atoms with Gasteiger partial charge in [0.2, 0.25) is 0 Å². The van der Waals surface area contributed by atoms with Crippen LogP contribution in [0.4, 0.5) is 4.79 Å². The van der Waals surface area contributed by atoms with Gasteiger partial charge in [0.25, 0.3) is 0 Å². The van der Waals surface area contributed by atoms with Gasteiger partial charge in [0.1, 0.15) is 6.61 Å². The molecule has 1 N–H and O–H groups in total. The fourth-order valence-electron chi connectivity index (χ4n) is 2.78. The molecule has 0 radical (unpaired) electrons. The molecule has 2 aliphatic heterocycles. The van der Waals surface area contributed by atoms with Crippen molar-refractivity contribution in [2.75, 3.05) is 32.7 Å². The molecule has 112 valence electrons. The van der Waals surface area contributed by atoms with Crippen LogP contribution < -0.4 is 5.32 Å². The highest BCUT2D eigenvalue weighted by atomic mass is 16.5. The number of esters is 1. The maximum Gasteiger partial charge on any atom is 0.320 e. The van der Waals surface area contributed by atoms with E-state index in [0.29, 0.717) is 26.2 Å². The summed E-state index contributed by atoms with van der Waals surface area (Å²) in [6.45, 7) is 3.36. The molecule has 0 unspecified atom stereocenters. The lowest BCUT2D eigenvalue weighted by Crippen LogP contribution is -2.53. The molecule has 3 rings (SSSR count). The fraction of sp³-hybridized carbons (Fsp3) is 0.467. The van der Waals surface area contributed by atoms with Crippen LogP contribution in [0.1, 0.15) is 5.56 Å². The van der Waals surface area contributed by atoms with E-state index in [1.54, 1.807) is 0 Å². The zero-order valence-electron chi connectivity index (χ0n) is 11.8. The van der Waals surface area contributed by atoms with Gasteiger partial charge < -0.3 is 15.0 Å². The highest BCUT2D eigenvalue weighted by Crippen LogP contribution is 2.14. The second-order valence-electron chi connectivity index (χ2n) is 5.41. The van der Waals surface area contributed by atoms with Crippen LogP contribution in [0.15, 0.2) is 30.3 Å². The van der Waals surface area contributed by atoms with Crippen LogP contribution >= 0.6 is 0 Å². The second-order valence-corrected chi connectivity index (χ2v) is 5.41. The summed E-state index contributed by atoms with van der Waals surface area (Å²) in [5.41, 5.74) is 0.987. The first kappa shape index (κ1) is 13.9. The van der Waals surface area contributed by atoms with Crippen molar-refractivity contribution in [2.24, 2.45) is 0 Å². The van der Waals surface area contributed by atoms with E-state index < -0.39 is 0 Å². The molecule has 1 atom stereocenters. The van der Waals surface area contributed by atoms with E-state index in [1.807, 2.05) is 35.2 Å². The number of hydrogen-bond acceptors (Lipinski definition) is 4. The summed E-state index contributed by atoms with van der Waals surface area (Å²) in [7, 11) is 0. The van der Waals surface area contributed by atoms with Gasteiger partial charge in [0, 0.05) is 26.2 Å². The Morgan fingerprint density at radius 1 is 1.29 bits per heavy atom. The fourth-order valence-corrected chi connectivity index (χ4v) is 2.78. The number of nitrogens with one attached hydrogen (secondary N) is 1. The number of nitrogens with zero attached hydrogens (tertiary/aromatic N) is 2. The first-order valence-electron chi connectivity index (χ1n) is 7.19. The second kappa shape index (κ2) is 6.13. The molecule has 1 aromatic carbocycles. The highest BCUT2D eigenvalue weighted by molar-refractivity contribution is 5.77. The molecule has 0 aliphatic carbocycles. The minimum absolute atomic E-state index is 0.00584. The molecule has 0 saturated carbocycles. The van der Waals surface area contributed by atoms with Gasteiger partial charge >= 0.3 is 12.0 Å². The van der Waals surface area contributed by atoms with Gasteiger partial charge in [-0.05, 0) is 5.56 Å². The summed E-state index contributed by atoms with van der Waals surface area (Å²) in [5.74, 6) is -0.218. The van der Waals surface area contributed by atoms with Crippen molar-refractivity contribution in [2.45, 2.75) is 12.6 Å². The Hall–Kier alpha value is -2.08. The molecule has 6 heteroatoms. The maximum atomic E-state index is 11.9. The summed E-state index contributed by atoms with van der Waals surface area (Å²) >= 11 is 0. The molecule has 2 aliphatic rings. The van der Waals surface area contributed by atoms with Gasteiger partial charge in [-0.1, -0.05) is 30.3 Å². The van der Waals surface area contributed by atoms with Crippen molar-refractivity contribution in [3.63, 3.8) is 0 Å². The van der Waals surface area contributed by atoms with Gasteiger partial charge in [0.05, 0.1) is 12.6 Å². The molecular formula is C15H19N3O3. The molecule has 2 saturated heterocycles. The van der Waals surface area contributed by atoms with Crippen LogP contribution in [0, 0.1) is 0 Å². The molecule has 6 nitrogen and oxygen atoms in total. The van der Waals surface area contributed by atoms with Crippen molar-refractivity contribution in [3.8, 4) is 0 Å². The molecule has 2 heterocycles. The van der Waals surface area contributed by atoms with E-state index >= 15 is 0 Å². The molecule has 1 aromatic rings. The van der Waals surface area contributed by atoms with Crippen molar-refractivity contribution in [1.29, 1.82) is 0 Å². The number of carbonyl (C=O) groups excluding carboxylic acids is 2. The normalized spacial score (nSPS) is 21.8. The Bertz CT molecular complexity index is 520. The number of rotatable bonds is 4. The van der Waals surface area contributed by atoms with Crippen LogP contribution in [0.2, 0.25) is 0 Å². The average molecular weight is 289 g/mol. The van der Waals surface area contributed by atoms with Crippen molar-refractivity contribution >= 4 is 12.0 Å². The molecule has 0 bridgehead atoms. The summed E-state index contributed by atoms with van der Waals surface area (Å²) < 4.78 is 5.29. The first-order valence-corrected chi connectivity index (χ1v) is 7.19. The van der Waals surface area contributed by atoms with Gasteiger partial charge in [-0.25, -0.2) is 4.79 Å². The largest absolute Gasteiger partial charge is 0.460 e. The summed E-state index contributed by atoms with van der Waals surface area (Å²) in [4.78, 5) is 27.3. The quantitative estimate of drug-likeness (QED) is 0.817. The lowest BCUT2D eigenvalue weighted by Gasteiger charge is -2.35. The monoisotopic (exact) mass is 289 g/mol. The number of fused-ring (bicyclic) bond motifs is 1. The number of amides is 2. The number of piperazine rings is 1. The van der Waals surface area contributed by atoms with Gasteiger partial charge in [-0.15, -0.1) is 0 Å². The zero-order chi connectivity index (χ0) is 14.7. The maximum absolute atomic E-state index is 11.9. The van der Waals surface area contributed by atoms with Crippen LogP contribution in [0.25, 0.3) is 0 Å². The number of hydrogen-bond donors (Lipinski definition) is 1. The molecule has 0 aromatic heterocycles. The Morgan fingerprint density at radius 2 is 2.10 bits per heavy atom. The number of benzene rings is 1. The predicted octanol–water partition coefficient (Wildman–Crippen LogP) is 0.439. The third-order valence-electron chi connectivity index (χ3n) is 3.91. The van der Waals surface area contributed by atoms with Crippen LogP contribution in [0.5, 0.6) is 0 Å². The highest BCUT2D eigenvalue weighted by Gasteiger charge is 2.35. The SMILES string of the molecule is O=C(CN1CCN2C(=O)NC[C@@H]2C1)OCc1ccccc1. The molecule has 0 spiro atoms. The van der Waals surface area contributed by atoms with E-state index in [4.69, 9.17) is 4.74 Å². The zero-order valence-corrected chi connectivity index (χ0v) is 11.8. The molecule has 2 fully saturated rings. The van der Waals surface area contributed by atoms with Crippen LogP contribution in [-0.4, -0.2) is 60.6 Å². The smallest absolute Gasteiger partial charge is 0.320 e. The van der Waals surface area contributed by atoms with Gasteiger partial charge in [-0.2, -0.15) is 0 Å². The van der Waals surface area contributed by atoms with Gasteiger partial charge in [-0.3, -0.25) is 9.69 Å². The van der Waals surface area contributed by atoms with E-state index in [2.05, 4.69) is 10.2 Å². The number of carbonyl (C=O) groups is 2. The lowest BCUT2D eigenvalue weighted by molar-refractivity contribution is -0.146. The van der Waals surface area contributed by atoms with E-state index in [-0.39, 0.29) is 24.6 Å². The number of urea groups is 1. The van der Waals surface area contributed by atoms with E-state index in [0.717, 1.165) is 12.1 Å². The van der Waals surface area contributed by atoms with Crippen molar-refractivity contribution in [1.82, 2.24) is 15.1 Å². The minimum Gasteiger partial charge on any atom is -0.460 e. The third kappa shape index (κ3) is 3.33. The van der Waals surface area contributed by atoms with E-state index in [9.17, 15) is 9.59 Å². The molecular weight excluding hydrogens is 270 g/mol. The lowest BCUT2D eigenvalue weighted by atomic mass is 10.2. The first-order chi connectivity index (χ1) is 10.2. The molecule has 2 amide bonds. The predicted molar refractivity (Wildman–Crippen MR) is 76.6 cm³/mol. The molecule has 21 heavy (non-hydrogen) atoms. The Kier molecular flexibility index (Phi) is 4.06. The van der Waals surface area contributed by atoms with E-state index in [1.165, 1.54) is 0 Å². The standard InChI is InChI=1S/C15H19N3O3/c19-14(21-11-12-4-2-1-3-5-12)10-17-6-7-18-13(9-17)8-16-15(18)20/h1-5,13H,6-11H2,(H,16,20)/t13-/m1/s1. The van der Waals surface area contributed by atoms with Crippen LogP contribution in [-0.2, 0) is 16.1 Å². The summed E-state index contributed by atoms with van der Waals surface area (Å²) in [6, 6.07) is 9.82. The Morgan fingerprint density at radius 3 is 2.90 bits per heavy atom. The Balaban J connectivity index is 1.44. The summed E-state index contributed by atoms with van der Waals surface area (Å²) in [6.07, 6.45) is 0. The van der Waals surface area contributed by atoms with Crippen molar-refractivity contribution in [3.05, 3.63) is 35.9 Å². The van der Waals surface area contributed by atoms with Crippen LogP contribution in [0.3, 0.4) is 0 Å². The minimum atomic E-state index is -0.218. The Labute approximate surface area is 123 Å². The topological polar surface area (TPSA) is 61.9 Å². The average Bonchev–Trinajstić information content (AvgIpc) is 2.87. The summed E-state index contributed by atoms with van der Waals surface area (Å²) in [5, 5.41) is 2.83. The number of ether oxygens (including phenoxy) is 1. The van der Waals surface area contributed by atoms with Crippen molar-refractivity contribution < 1.29 is 14.3 Å².